The van der Waals surface area contributed by atoms with Gasteiger partial charge in [0.05, 0.1) is 0 Å². The van der Waals surface area contributed by atoms with Crippen molar-refractivity contribution < 1.29 is 0 Å². The third-order valence-electron chi connectivity index (χ3n) is 4.80. The van der Waals surface area contributed by atoms with Crippen LogP contribution >= 0.6 is 0 Å². The molecule has 104 valence electrons. The van der Waals surface area contributed by atoms with Crippen LogP contribution in [0.15, 0.2) is 24.3 Å². The smallest absolute Gasteiger partial charge is 0.0412 e. The highest BCUT2D eigenvalue weighted by Crippen LogP contribution is 2.30. The van der Waals surface area contributed by atoms with Crippen LogP contribution in [0.25, 0.3) is 0 Å². The van der Waals surface area contributed by atoms with Gasteiger partial charge in [-0.25, -0.2) is 0 Å². The average molecular weight is 258 g/mol. The van der Waals surface area contributed by atoms with Crippen molar-refractivity contribution in [2.45, 2.75) is 51.6 Å². The molecule has 19 heavy (non-hydrogen) atoms. The molecule has 2 nitrogen and oxygen atoms in total. The Balaban J connectivity index is 1.80. The SMILES string of the molecule is CCC1CN(CC2CCCC2)c2ccccc2CN1. The van der Waals surface area contributed by atoms with Gasteiger partial charge in [0, 0.05) is 31.4 Å². The van der Waals surface area contributed by atoms with Crippen LogP contribution in [-0.4, -0.2) is 19.1 Å². The maximum atomic E-state index is 3.70. The van der Waals surface area contributed by atoms with E-state index >= 15 is 0 Å². The second kappa shape index (κ2) is 5.96. The number of nitrogens with one attached hydrogen (secondary N) is 1. The highest BCUT2D eigenvalue weighted by Gasteiger charge is 2.24. The van der Waals surface area contributed by atoms with Gasteiger partial charge in [-0.1, -0.05) is 38.0 Å². The van der Waals surface area contributed by atoms with Gasteiger partial charge in [-0.05, 0) is 36.8 Å². The molecule has 0 saturated heterocycles. The molecule has 1 aliphatic heterocycles. The molecule has 1 fully saturated rings. The van der Waals surface area contributed by atoms with Gasteiger partial charge < -0.3 is 10.2 Å². The summed E-state index contributed by atoms with van der Waals surface area (Å²) in [6, 6.07) is 9.58. The Hall–Kier alpha value is -1.02. The molecule has 0 radical (unpaired) electrons. The summed E-state index contributed by atoms with van der Waals surface area (Å²) in [5.41, 5.74) is 2.94. The molecule has 1 N–H and O–H groups in total. The van der Waals surface area contributed by atoms with Gasteiger partial charge in [-0.2, -0.15) is 0 Å². The maximum Gasteiger partial charge on any atom is 0.0412 e. The zero-order valence-corrected chi connectivity index (χ0v) is 12.1. The Morgan fingerprint density at radius 2 is 2.00 bits per heavy atom. The molecule has 1 atom stereocenters. The summed E-state index contributed by atoms with van der Waals surface area (Å²) in [5, 5.41) is 3.70. The molecule has 1 heterocycles. The summed E-state index contributed by atoms with van der Waals surface area (Å²) in [6.45, 7) is 5.75. The summed E-state index contributed by atoms with van der Waals surface area (Å²) < 4.78 is 0. The van der Waals surface area contributed by atoms with Crippen molar-refractivity contribution in [3.8, 4) is 0 Å². The number of hydrogen-bond donors (Lipinski definition) is 1. The summed E-state index contributed by atoms with van der Waals surface area (Å²) in [7, 11) is 0. The molecule has 0 bridgehead atoms. The van der Waals surface area contributed by atoms with E-state index < -0.39 is 0 Å². The van der Waals surface area contributed by atoms with Gasteiger partial charge >= 0.3 is 0 Å². The predicted molar refractivity (Wildman–Crippen MR) is 81.5 cm³/mol. The highest BCUT2D eigenvalue weighted by atomic mass is 15.2. The summed E-state index contributed by atoms with van der Waals surface area (Å²) in [4.78, 5) is 2.65. The maximum absolute atomic E-state index is 3.70. The topological polar surface area (TPSA) is 15.3 Å². The fraction of sp³-hybridized carbons (Fsp3) is 0.647. The molecule has 3 rings (SSSR count). The number of nitrogens with zero attached hydrogens (tertiary/aromatic N) is 1. The summed E-state index contributed by atoms with van der Waals surface area (Å²) in [5.74, 6) is 0.920. The van der Waals surface area contributed by atoms with Crippen LogP contribution in [0.3, 0.4) is 0 Å². The zero-order chi connectivity index (χ0) is 13.1. The number of benzene rings is 1. The third kappa shape index (κ3) is 2.94. The van der Waals surface area contributed by atoms with E-state index in [9.17, 15) is 0 Å². The van der Waals surface area contributed by atoms with Crippen molar-refractivity contribution >= 4 is 5.69 Å². The number of fused-ring (bicyclic) bond motifs is 1. The van der Waals surface area contributed by atoms with E-state index in [4.69, 9.17) is 0 Å². The molecule has 2 aliphatic rings. The molecule has 1 aromatic rings. The minimum Gasteiger partial charge on any atom is -0.369 e. The van der Waals surface area contributed by atoms with Crippen molar-refractivity contribution in [1.82, 2.24) is 5.32 Å². The second-order valence-electron chi connectivity index (χ2n) is 6.17. The minimum atomic E-state index is 0.633. The van der Waals surface area contributed by atoms with Crippen LogP contribution in [0.4, 0.5) is 5.69 Å². The number of hydrogen-bond acceptors (Lipinski definition) is 2. The Morgan fingerprint density at radius 1 is 1.21 bits per heavy atom. The predicted octanol–water partition coefficient (Wildman–Crippen LogP) is 3.57. The average Bonchev–Trinajstić information content (AvgIpc) is 2.88. The van der Waals surface area contributed by atoms with Crippen LogP contribution in [0.1, 0.15) is 44.6 Å². The van der Waals surface area contributed by atoms with Crippen LogP contribution in [0.2, 0.25) is 0 Å². The molecule has 0 amide bonds. The normalized spacial score (nSPS) is 24.3. The Bertz CT molecular complexity index is 409. The Kier molecular flexibility index (Phi) is 4.07. The van der Waals surface area contributed by atoms with E-state index in [1.165, 1.54) is 56.4 Å². The van der Waals surface area contributed by atoms with Crippen LogP contribution in [0, 0.1) is 5.92 Å². The van der Waals surface area contributed by atoms with Gasteiger partial charge in [0.2, 0.25) is 0 Å². The van der Waals surface area contributed by atoms with Crippen LogP contribution < -0.4 is 10.2 Å². The van der Waals surface area contributed by atoms with Crippen molar-refractivity contribution in [3.63, 3.8) is 0 Å². The van der Waals surface area contributed by atoms with E-state index in [0.717, 1.165) is 12.5 Å². The van der Waals surface area contributed by atoms with Gasteiger partial charge in [0.25, 0.3) is 0 Å². The van der Waals surface area contributed by atoms with Crippen LogP contribution in [-0.2, 0) is 6.54 Å². The number of para-hydroxylation sites is 1. The Morgan fingerprint density at radius 3 is 2.79 bits per heavy atom. The lowest BCUT2D eigenvalue weighted by atomic mass is 10.1. The fourth-order valence-corrected chi connectivity index (χ4v) is 3.60. The largest absolute Gasteiger partial charge is 0.369 e. The van der Waals surface area contributed by atoms with E-state index in [1.807, 2.05) is 0 Å². The first-order chi connectivity index (χ1) is 9.36. The summed E-state index contributed by atoms with van der Waals surface area (Å²) >= 11 is 0. The quantitative estimate of drug-likeness (QED) is 0.891. The molecule has 1 unspecified atom stereocenters. The molecular weight excluding hydrogens is 232 g/mol. The second-order valence-corrected chi connectivity index (χ2v) is 6.17. The highest BCUT2D eigenvalue weighted by molar-refractivity contribution is 5.54. The lowest BCUT2D eigenvalue weighted by Crippen LogP contribution is -2.39. The zero-order valence-electron chi connectivity index (χ0n) is 12.1. The van der Waals surface area contributed by atoms with Gasteiger partial charge in [-0.15, -0.1) is 0 Å². The van der Waals surface area contributed by atoms with Crippen molar-refractivity contribution in [2.75, 3.05) is 18.0 Å². The van der Waals surface area contributed by atoms with Crippen molar-refractivity contribution in [3.05, 3.63) is 29.8 Å². The number of anilines is 1. The van der Waals surface area contributed by atoms with Gasteiger partial charge in [0.15, 0.2) is 0 Å². The van der Waals surface area contributed by atoms with Crippen LogP contribution in [0.5, 0.6) is 0 Å². The molecule has 1 aromatic carbocycles. The molecule has 1 saturated carbocycles. The Labute approximate surface area is 117 Å². The fourth-order valence-electron chi connectivity index (χ4n) is 3.60. The van der Waals surface area contributed by atoms with Gasteiger partial charge in [-0.3, -0.25) is 0 Å². The van der Waals surface area contributed by atoms with Gasteiger partial charge in [0.1, 0.15) is 0 Å². The first-order valence-electron chi connectivity index (χ1n) is 7.93. The molecule has 0 spiro atoms. The molecular formula is C17H26N2. The van der Waals surface area contributed by atoms with E-state index in [2.05, 4.69) is 41.4 Å². The standard InChI is InChI=1S/C17H26N2/c1-2-16-13-19(12-14-7-3-4-8-14)17-10-6-5-9-15(17)11-18-16/h5-6,9-10,14,16,18H,2-4,7-8,11-13H2,1H3. The monoisotopic (exact) mass is 258 g/mol. The van der Waals surface area contributed by atoms with E-state index in [-0.39, 0.29) is 0 Å². The van der Waals surface area contributed by atoms with E-state index in [1.54, 1.807) is 0 Å². The lowest BCUT2D eigenvalue weighted by molar-refractivity contribution is 0.473. The summed E-state index contributed by atoms with van der Waals surface area (Å²) in [6.07, 6.45) is 6.96. The third-order valence-corrected chi connectivity index (χ3v) is 4.80. The lowest BCUT2D eigenvalue weighted by Gasteiger charge is -2.30. The molecule has 2 heteroatoms. The first-order valence-corrected chi connectivity index (χ1v) is 7.93. The van der Waals surface area contributed by atoms with Crippen molar-refractivity contribution in [1.29, 1.82) is 0 Å². The van der Waals surface area contributed by atoms with E-state index in [0.29, 0.717) is 6.04 Å². The number of rotatable bonds is 3. The minimum absolute atomic E-state index is 0.633. The first kappa shape index (κ1) is 13.0. The molecule has 0 aromatic heterocycles. The molecule has 1 aliphatic carbocycles. The van der Waals surface area contributed by atoms with Crippen molar-refractivity contribution in [2.24, 2.45) is 5.92 Å².